The molecule has 0 fully saturated rings. The highest BCUT2D eigenvalue weighted by Crippen LogP contribution is 2.41. The number of nitrogens with zero attached hydrogens (tertiary/aromatic N) is 1. The highest BCUT2D eigenvalue weighted by Gasteiger charge is 2.25. The average molecular weight is 462 g/mol. The van der Waals surface area contributed by atoms with Crippen LogP contribution in [0.2, 0.25) is 0 Å². The van der Waals surface area contributed by atoms with Crippen LogP contribution in [0.1, 0.15) is 56.8 Å². The Balaban J connectivity index is 2.38. The Morgan fingerprint density at radius 3 is 2.45 bits per heavy atom. The molecule has 0 saturated carbocycles. The molecule has 0 N–H and O–H groups in total. The number of aliphatic imine (C=N–C) groups is 1. The maximum Gasteiger partial charge on any atom is 0.189 e. The lowest BCUT2D eigenvalue weighted by Gasteiger charge is -2.27. The van der Waals surface area contributed by atoms with E-state index in [1.54, 1.807) is 7.11 Å². The highest BCUT2D eigenvalue weighted by molar-refractivity contribution is 9.10. The van der Waals surface area contributed by atoms with Gasteiger partial charge in [-0.15, -0.1) is 0 Å². The van der Waals surface area contributed by atoms with Crippen LogP contribution < -0.4 is 4.74 Å². The molecular weight excluding hydrogens is 430 g/mol. The zero-order valence-corrected chi connectivity index (χ0v) is 19.7. The molecule has 0 aromatic heterocycles. The van der Waals surface area contributed by atoms with Crippen LogP contribution in [0.15, 0.2) is 51.9 Å². The molecule has 158 valence electrons. The largest absolute Gasteiger partial charge is 0.467 e. The van der Waals surface area contributed by atoms with E-state index in [1.165, 1.54) is 0 Å². The van der Waals surface area contributed by atoms with Gasteiger partial charge in [0.25, 0.3) is 0 Å². The molecule has 0 saturated heterocycles. The van der Waals surface area contributed by atoms with Crippen molar-refractivity contribution in [2.45, 2.75) is 45.6 Å². The molecule has 0 radical (unpaired) electrons. The molecule has 5 heteroatoms. The van der Waals surface area contributed by atoms with Gasteiger partial charge >= 0.3 is 0 Å². The van der Waals surface area contributed by atoms with Gasteiger partial charge in [0.05, 0.1) is 19.3 Å². The molecule has 0 spiro atoms. The third-order valence-corrected chi connectivity index (χ3v) is 5.02. The summed E-state index contributed by atoms with van der Waals surface area (Å²) in [5.74, 6) is 0.857. The first-order valence-corrected chi connectivity index (χ1v) is 10.8. The third kappa shape index (κ3) is 7.25. The van der Waals surface area contributed by atoms with Crippen molar-refractivity contribution in [2.24, 2.45) is 4.99 Å². The Morgan fingerprint density at radius 1 is 1.10 bits per heavy atom. The summed E-state index contributed by atoms with van der Waals surface area (Å²) in [6.07, 6.45) is 2.80. The molecule has 0 aliphatic carbocycles. The molecular formula is C24H32BrNO3. The molecule has 0 aliphatic rings. The van der Waals surface area contributed by atoms with Crippen LogP contribution in [0.25, 0.3) is 0 Å². The topological polar surface area (TPSA) is 40.0 Å². The molecule has 4 nitrogen and oxygen atoms in total. The summed E-state index contributed by atoms with van der Waals surface area (Å²) in [5.41, 5.74) is 3.20. The van der Waals surface area contributed by atoms with E-state index in [9.17, 15) is 0 Å². The first-order chi connectivity index (χ1) is 13.9. The van der Waals surface area contributed by atoms with Crippen LogP contribution in [-0.4, -0.2) is 33.3 Å². The number of hydrogen-bond donors (Lipinski definition) is 0. The quantitative estimate of drug-likeness (QED) is 0.236. The summed E-state index contributed by atoms with van der Waals surface area (Å²) in [5, 5.41) is 0. The minimum atomic E-state index is -0.0815. The summed E-state index contributed by atoms with van der Waals surface area (Å²) >= 11 is 3.68. The number of halogens is 1. The molecule has 2 aromatic carbocycles. The van der Waals surface area contributed by atoms with Crippen LogP contribution in [0.3, 0.4) is 0 Å². The molecule has 0 heterocycles. The van der Waals surface area contributed by atoms with Crippen LogP contribution in [0, 0.1) is 0 Å². The first kappa shape index (κ1) is 23.6. The van der Waals surface area contributed by atoms with Crippen LogP contribution in [0.5, 0.6) is 5.75 Å². The maximum atomic E-state index is 6.16. The summed E-state index contributed by atoms with van der Waals surface area (Å²) in [6, 6.07) is 14.4. The second kappa shape index (κ2) is 11.5. The standard InChI is InChI=1S/C24H32BrNO3/c1-6-22(26-16-18-10-8-7-9-11-18)20-14-19(25)15-21(24(2,3)4)23(20)29-17-28-13-12-27-5/h7-11,14-16,22H,6,12-13,17H2,1-5H3/t22-/m0/s1. The van der Waals surface area contributed by atoms with Gasteiger partial charge in [-0.2, -0.15) is 0 Å². The van der Waals surface area contributed by atoms with Gasteiger partial charge in [0.15, 0.2) is 6.79 Å². The Hall–Kier alpha value is -1.69. The highest BCUT2D eigenvalue weighted by atomic mass is 79.9. The average Bonchev–Trinajstić information content (AvgIpc) is 2.69. The molecule has 2 rings (SSSR count). The van der Waals surface area contributed by atoms with E-state index in [1.807, 2.05) is 24.4 Å². The predicted octanol–water partition coefficient (Wildman–Crippen LogP) is 6.32. The van der Waals surface area contributed by atoms with Gasteiger partial charge in [-0.25, -0.2) is 0 Å². The van der Waals surface area contributed by atoms with Gasteiger partial charge in [0.1, 0.15) is 5.75 Å². The summed E-state index contributed by atoms with van der Waals surface area (Å²) in [6.45, 7) is 9.92. The Kier molecular flexibility index (Phi) is 9.34. The lowest BCUT2D eigenvalue weighted by molar-refractivity contribution is -0.00974. The fourth-order valence-corrected chi connectivity index (χ4v) is 3.48. The van der Waals surface area contributed by atoms with Gasteiger partial charge in [-0.05, 0) is 29.5 Å². The maximum absolute atomic E-state index is 6.16. The van der Waals surface area contributed by atoms with Gasteiger partial charge in [0, 0.05) is 28.9 Å². The molecule has 1 atom stereocenters. The minimum absolute atomic E-state index is 0.0113. The summed E-state index contributed by atoms with van der Waals surface area (Å²) in [7, 11) is 1.66. The second-order valence-electron chi connectivity index (χ2n) is 7.90. The van der Waals surface area contributed by atoms with E-state index in [-0.39, 0.29) is 18.2 Å². The van der Waals surface area contributed by atoms with Gasteiger partial charge < -0.3 is 14.2 Å². The third-order valence-electron chi connectivity index (χ3n) is 4.56. The van der Waals surface area contributed by atoms with Crippen molar-refractivity contribution in [3.63, 3.8) is 0 Å². The zero-order valence-electron chi connectivity index (χ0n) is 18.1. The first-order valence-electron chi connectivity index (χ1n) is 9.98. The summed E-state index contributed by atoms with van der Waals surface area (Å²) < 4.78 is 17.8. The molecule has 0 unspecified atom stereocenters. The van der Waals surface area contributed by atoms with Gasteiger partial charge in [-0.1, -0.05) is 74.0 Å². The van der Waals surface area contributed by atoms with E-state index in [0.717, 1.165) is 33.3 Å². The number of rotatable bonds is 10. The molecule has 29 heavy (non-hydrogen) atoms. The van der Waals surface area contributed by atoms with Crippen molar-refractivity contribution in [3.05, 3.63) is 63.6 Å². The van der Waals surface area contributed by atoms with Crippen molar-refractivity contribution >= 4 is 22.1 Å². The number of ether oxygens (including phenoxy) is 3. The minimum Gasteiger partial charge on any atom is -0.467 e. The Bertz CT molecular complexity index is 785. The Morgan fingerprint density at radius 2 is 1.83 bits per heavy atom. The van der Waals surface area contributed by atoms with E-state index in [2.05, 4.69) is 67.9 Å². The predicted molar refractivity (Wildman–Crippen MR) is 123 cm³/mol. The zero-order chi connectivity index (χ0) is 21.3. The van der Waals surface area contributed by atoms with Crippen molar-refractivity contribution in [3.8, 4) is 5.75 Å². The number of methoxy groups -OCH3 is 1. The monoisotopic (exact) mass is 461 g/mol. The van der Waals surface area contributed by atoms with E-state index in [0.29, 0.717) is 13.2 Å². The van der Waals surface area contributed by atoms with Crippen LogP contribution in [0.4, 0.5) is 0 Å². The fourth-order valence-electron chi connectivity index (χ4n) is 3.00. The van der Waals surface area contributed by atoms with Gasteiger partial charge in [-0.3, -0.25) is 4.99 Å². The van der Waals surface area contributed by atoms with Crippen LogP contribution >= 0.6 is 15.9 Å². The molecule has 2 aromatic rings. The van der Waals surface area contributed by atoms with Crippen LogP contribution in [-0.2, 0) is 14.9 Å². The SMILES string of the molecule is CC[C@H](N=Cc1ccccc1)c1cc(Br)cc(C(C)(C)C)c1OCOCCOC. The molecule has 0 aliphatic heterocycles. The lowest BCUT2D eigenvalue weighted by Crippen LogP contribution is -2.17. The normalized spacial score (nSPS) is 13.0. The van der Waals surface area contributed by atoms with Crippen molar-refractivity contribution < 1.29 is 14.2 Å². The second-order valence-corrected chi connectivity index (χ2v) is 8.81. The van der Waals surface area contributed by atoms with E-state index < -0.39 is 0 Å². The molecule has 0 amide bonds. The van der Waals surface area contributed by atoms with Crippen molar-refractivity contribution in [1.29, 1.82) is 0 Å². The lowest BCUT2D eigenvalue weighted by atomic mass is 9.84. The van der Waals surface area contributed by atoms with Crippen molar-refractivity contribution in [1.82, 2.24) is 0 Å². The smallest absolute Gasteiger partial charge is 0.189 e. The summed E-state index contributed by atoms with van der Waals surface area (Å²) in [4.78, 5) is 4.88. The Labute approximate surface area is 183 Å². The fraction of sp³-hybridized carbons (Fsp3) is 0.458. The number of hydrogen-bond acceptors (Lipinski definition) is 4. The number of benzene rings is 2. The van der Waals surface area contributed by atoms with Gasteiger partial charge in [0.2, 0.25) is 0 Å². The van der Waals surface area contributed by atoms with E-state index >= 15 is 0 Å². The van der Waals surface area contributed by atoms with E-state index in [4.69, 9.17) is 19.2 Å². The molecule has 0 bridgehead atoms. The van der Waals surface area contributed by atoms with Crippen molar-refractivity contribution in [2.75, 3.05) is 27.1 Å².